The van der Waals surface area contributed by atoms with Gasteiger partial charge in [0.2, 0.25) is 0 Å². The molecule has 0 atom stereocenters. The number of hydrogen-bond acceptors (Lipinski definition) is 4. The maximum atomic E-state index is 12.9. The van der Waals surface area contributed by atoms with Crippen molar-refractivity contribution in [2.45, 2.75) is 26.3 Å². The molecule has 2 aromatic heterocycles. The molecule has 5 rings (SSSR count). The largest absolute Gasteiger partial charge is 0.351 e. The monoisotopic (exact) mass is 459 g/mol. The quantitative estimate of drug-likeness (QED) is 0.471. The second-order valence-corrected chi connectivity index (χ2v) is 10.2. The summed E-state index contributed by atoms with van der Waals surface area (Å²) in [5.74, 6) is 0.412. The maximum absolute atomic E-state index is 12.9. The summed E-state index contributed by atoms with van der Waals surface area (Å²) in [6.07, 6.45) is 2.17. The molecule has 5 nitrogen and oxygen atoms in total. The zero-order valence-corrected chi connectivity index (χ0v) is 20.0. The van der Waals surface area contributed by atoms with Crippen molar-refractivity contribution in [1.29, 1.82) is 0 Å². The molecule has 4 aromatic rings. The van der Waals surface area contributed by atoms with Gasteiger partial charge in [-0.3, -0.25) is 14.5 Å². The Kier molecular flexibility index (Phi) is 6.04. The van der Waals surface area contributed by atoms with Gasteiger partial charge in [-0.15, -0.1) is 11.3 Å². The van der Waals surface area contributed by atoms with Crippen LogP contribution in [0.3, 0.4) is 0 Å². The van der Waals surface area contributed by atoms with Gasteiger partial charge >= 0.3 is 0 Å². The van der Waals surface area contributed by atoms with Crippen LogP contribution in [0, 0.1) is 12.8 Å². The molecule has 0 unspecified atom stereocenters. The summed E-state index contributed by atoms with van der Waals surface area (Å²) in [4.78, 5) is 28.8. The zero-order chi connectivity index (χ0) is 22.9. The van der Waals surface area contributed by atoms with Crippen molar-refractivity contribution >= 4 is 38.2 Å². The molecule has 170 valence electrons. The van der Waals surface area contributed by atoms with E-state index in [0.717, 1.165) is 48.1 Å². The number of para-hydroxylation sites is 1. The lowest BCUT2D eigenvalue weighted by molar-refractivity contribution is 0.0939. The molecular formula is C27H29N3O2S. The molecule has 0 bridgehead atoms. The molecule has 0 spiro atoms. The van der Waals surface area contributed by atoms with Crippen LogP contribution in [0.15, 0.2) is 59.4 Å². The number of benzene rings is 2. The van der Waals surface area contributed by atoms with Crippen LogP contribution in [0.5, 0.6) is 0 Å². The van der Waals surface area contributed by atoms with Crippen molar-refractivity contribution in [3.8, 4) is 0 Å². The molecule has 0 aliphatic carbocycles. The lowest BCUT2D eigenvalue weighted by Crippen LogP contribution is -2.38. The van der Waals surface area contributed by atoms with Crippen LogP contribution < -0.4 is 10.9 Å². The molecule has 1 amide bonds. The van der Waals surface area contributed by atoms with E-state index in [0.29, 0.717) is 22.7 Å². The van der Waals surface area contributed by atoms with E-state index in [2.05, 4.69) is 41.4 Å². The summed E-state index contributed by atoms with van der Waals surface area (Å²) in [7, 11) is 1.78. The van der Waals surface area contributed by atoms with Crippen molar-refractivity contribution in [3.05, 3.63) is 81.0 Å². The summed E-state index contributed by atoms with van der Waals surface area (Å²) < 4.78 is 2.56. The second-order valence-electron chi connectivity index (χ2n) is 9.15. The molecule has 2 aromatic carbocycles. The number of aryl methyl sites for hydroxylation is 2. The van der Waals surface area contributed by atoms with Crippen LogP contribution >= 0.6 is 11.3 Å². The fourth-order valence-corrected chi connectivity index (χ4v) is 5.95. The van der Waals surface area contributed by atoms with Gasteiger partial charge in [0.05, 0.1) is 15.8 Å². The lowest BCUT2D eigenvalue weighted by Gasteiger charge is -2.32. The minimum Gasteiger partial charge on any atom is -0.351 e. The van der Waals surface area contributed by atoms with Gasteiger partial charge in [-0.25, -0.2) is 0 Å². The van der Waals surface area contributed by atoms with Gasteiger partial charge in [0, 0.05) is 30.2 Å². The number of pyridine rings is 1. The fraction of sp³-hybridized carbons (Fsp3) is 0.333. The number of nitrogens with zero attached hydrogens (tertiary/aromatic N) is 2. The molecule has 1 fully saturated rings. The van der Waals surface area contributed by atoms with Crippen LogP contribution in [-0.4, -0.2) is 35.0 Å². The van der Waals surface area contributed by atoms with Gasteiger partial charge < -0.3 is 9.88 Å². The third-order valence-corrected chi connectivity index (χ3v) is 7.92. The molecule has 33 heavy (non-hydrogen) atoms. The molecule has 1 aliphatic heterocycles. The first-order valence-electron chi connectivity index (χ1n) is 11.6. The highest BCUT2D eigenvalue weighted by molar-refractivity contribution is 7.21. The van der Waals surface area contributed by atoms with Crippen LogP contribution in [-0.2, 0) is 13.6 Å². The van der Waals surface area contributed by atoms with E-state index < -0.39 is 0 Å². The number of carbonyl (C=O) groups is 1. The van der Waals surface area contributed by atoms with Gasteiger partial charge in [0.15, 0.2) is 0 Å². The number of amides is 1. The first-order valence-corrected chi connectivity index (χ1v) is 12.4. The third kappa shape index (κ3) is 4.45. The lowest BCUT2D eigenvalue weighted by atomic mass is 9.96. The van der Waals surface area contributed by atoms with E-state index in [1.165, 1.54) is 22.5 Å². The minimum atomic E-state index is -0.0791. The number of rotatable bonds is 5. The number of fused-ring (bicyclic) bond motifs is 3. The average molecular weight is 460 g/mol. The van der Waals surface area contributed by atoms with Gasteiger partial charge in [-0.05, 0) is 56.5 Å². The number of carbonyl (C=O) groups excluding carboxylic acids is 1. The Balaban J connectivity index is 1.22. The molecule has 3 heterocycles. The van der Waals surface area contributed by atoms with Crippen LogP contribution in [0.4, 0.5) is 0 Å². The Bertz CT molecular complexity index is 1380. The van der Waals surface area contributed by atoms with Crippen molar-refractivity contribution in [1.82, 2.24) is 14.8 Å². The van der Waals surface area contributed by atoms with Gasteiger partial charge in [0.25, 0.3) is 11.5 Å². The van der Waals surface area contributed by atoms with Crippen molar-refractivity contribution < 1.29 is 4.79 Å². The summed E-state index contributed by atoms with van der Waals surface area (Å²) in [5.41, 5.74) is 3.50. The minimum absolute atomic E-state index is 0.0556. The Morgan fingerprint density at radius 1 is 1.06 bits per heavy atom. The SMILES string of the molecule is Cc1cccc(CN2CCC(CNC(=O)c3cc4c(=O)n(C)c5ccccc5c4s3)CC2)c1. The summed E-state index contributed by atoms with van der Waals surface area (Å²) >= 11 is 1.41. The van der Waals surface area contributed by atoms with Gasteiger partial charge in [0.1, 0.15) is 0 Å². The van der Waals surface area contributed by atoms with E-state index in [1.54, 1.807) is 17.7 Å². The molecule has 0 radical (unpaired) electrons. The first-order chi connectivity index (χ1) is 16.0. The Labute approximate surface area is 197 Å². The van der Waals surface area contributed by atoms with E-state index >= 15 is 0 Å². The van der Waals surface area contributed by atoms with Crippen molar-refractivity contribution in [3.63, 3.8) is 0 Å². The van der Waals surface area contributed by atoms with Crippen molar-refractivity contribution in [2.24, 2.45) is 13.0 Å². The van der Waals surface area contributed by atoms with E-state index in [1.807, 2.05) is 24.3 Å². The summed E-state index contributed by atoms with van der Waals surface area (Å²) in [6, 6.07) is 18.3. The molecule has 1 saturated heterocycles. The normalized spacial score (nSPS) is 15.3. The smallest absolute Gasteiger partial charge is 0.261 e. The number of piperidine rings is 1. The topological polar surface area (TPSA) is 54.3 Å². The molecule has 0 saturated carbocycles. The number of thiophene rings is 1. The summed E-state index contributed by atoms with van der Waals surface area (Å²) in [6.45, 7) is 5.92. The molecular weight excluding hydrogens is 430 g/mol. The maximum Gasteiger partial charge on any atom is 0.261 e. The molecule has 6 heteroatoms. The summed E-state index contributed by atoms with van der Waals surface area (Å²) in [5, 5.41) is 4.76. The van der Waals surface area contributed by atoms with Crippen molar-refractivity contribution in [2.75, 3.05) is 19.6 Å². The first kappa shape index (κ1) is 21.9. The Hall–Kier alpha value is -2.96. The fourth-order valence-electron chi connectivity index (χ4n) is 4.85. The van der Waals surface area contributed by atoms with Crippen LogP contribution in [0.2, 0.25) is 0 Å². The Morgan fingerprint density at radius 2 is 1.85 bits per heavy atom. The number of hydrogen-bond donors (Lipinski definition) is 1. The number of nitrogens with one attached hydrogen (secondary N) is 1. The highest BCUT2D eigenvalue weighted by atomic mass is 32.1. The number of likely N-dealkylation sites (tertiary alicyclic amines) is 1. The van der Waals surface area contributed by atoms with Crippen LogP contribution in [0.1, 0.15) is 33.6 Å². The van der Waals surface area contributed by atoms with Gasteiger partial charge in [-0.2, -0.15) is 0 Å². The molecule has 1 N–H and O–H groups in total. The predicted octanol–water partition coefficient (Wildman–Crippen LogP) is 4.70. The highest BCUT2D eigenvalue weighted by Crippen LogP contribution is 2.30. The average Bonchev–Trinajstić information content (AvgIpc) is 3.28. The van der Waals surface area contributed by atoms with Gasteiger partial charge in [-0.1, -0.05) is 48.0 Å². The van der Waals surface area contributed by atoms with E-state index in [-0.39, 0.29) is 11.5 Å². The Morgan fingerprint density at radius 3 is 2.64 bits per heavy atom. The third-order valence-electron chi connectivity index (χ3n) is 6.75. The van der Waals surface area contributed by atoms with E-state index in [4.69, 9.17) is 0 Å². The van der Waals surface area contributed by atoms with E-state index in [9.17, 15) is 9.59 Å². The standard InChI is InChI=1S/C27H29N3O2S/c1-18-6-5-7-20(14-18)17-30-12-10-19(11-13-30)16-28-26(31)24-15-22-25(33-24)21-8-3-4-9-23(21)29(2)27(22)32/h3-9,14-15,19H,10-13,16-17H2,1-2H3,(H,28,31). The molecule has 1 aliphatic rings. The second kappa shape index (κ2) is 9.12. The zero-order valence-electron chi connectivity index (χ0n) is 19.1. The van der Waals surface area contributed by atoms with Crippen LogP contribution in [0.25, 0.3) is 21.0 Å². The number of aromatic nitrogens is 1. The predicted molar refractivity (Wildman–Crippen MR) is 136 cm³/mol. The highest BCUT2D eigenvalue weighted by Gasteiger charge is 2.21.